The number of hydrogen-bond acceptors (Lipinski definition) is 6. The first-order valence-corrected chi connectivity index (χ1v) is 12.5. The van der Waals surface area contributed by atoms with Crippen LogP contribution in [0, 0.1) is 5.92 Å². The highest BCUT2D eigenvalue weighted by molar-refractivity contribution is 5.94. The van der Waals surface area contributed by atoms with E-state index in [1.807, 2.05) is 26.0 Å². The van der Waals surface area contributed by atoms with E-state index in [2.05, 4.69) is 5.32 Å². The van der Waals surface area contributed by atoms with Crippen molar-refractivity contribution in [2.24, 2.45) is 5.92 Å². The number of phenolic OH excluding ortho intramolecular Hbond substituents is 1. The predicted molar refractivity (Wildman–Crippen MR) is 136 cm³/mol. The van der Waals surface area contributed by atoms with Gasteiger partial charge in [0.05, 0.1) is 6.10 Å². The highest BCUT2D eigenvalue weighted by atomic mass is 16.5. The lowest BCUT2D eigenvalue weighted by molar-refractivity contribution is -0.115. The van der Waals surface area contributed by atoms with Crippen LogP contribution in [0.5, 0.6) is 5.75 Å². The quantitative estimate of drug-likeness (QED) is 0.227. The molecule has 7 nitrogen and oxygen atoms in total. The number of hydrogen-bond donors (Lipinski definition) is 3. The molecule has 192 valence electrons. The van der Waals surface area contributed by atoms with E-state index in [1.54, 1.807) is 30.5 Å². The molecule has 0 saturated carbocycles. The summed E-state index contributed by atoms with van der Waals surface area (Å²) in [6, 6.07) is 4.99. The summed E-state index contributed by atoms with van der Waals surface area (Å²) in [4.78, 5) is 24.9. The number of aliphatic hydroxyl groups is 1. The summed E-state index contributed by atoms with van der Waals surface area (Å²) in [7, 11) is 0. The van der Waals surface area contributed by atoms with Crippen LogP contribution in [0.15, 0.2) is 54.8 Å². The predicted octanol–water partition coefficient (Wildman–Crippen LogP) is 4.59. The first kappa shape index (κ1) is 28.3. The van der Waals surface area contributed by atoms with Crippen LogP contribution in [-0.2, 0) is 20.7 Å². The molecule has 1 amide bonds. The van der Waals surface area contributed by atoms with Crippen molar-refractivity contribution in [3.63, 3.8) is 0 Å². The second-order valence-electron chi connectivity index (χ2n) is 8.79. The lowest BCUT2D eigenvalue weighted by atomic mass is 9.91. The van der Waals surface area contributed by atoms with Gasteiger partial charge < -0.3 is 25.0 Å². The van der Waals surface area contributed by atoms with Gasteiger partial charge in [-0.05, 0) is 49.7 Å². The number of esters is 1. The van der Waals surface area contributed by atoms with Gasteiger partial charge in [-0.1, -0.05) is 56.7 Å². The molecule has 3 unspecified atom stereocenters. The maximum Gasteiger partial charge on any atom is 0.342 e. The fourth-order valence-electron chi connectivity index (χ4n) is 4.01. The van der Waals surface area contributed by atoms with Gasteiger partial charge in [-0.25, -0.2) is 4.79 Å². The number of ether oxygens (including phenoxy) is 2. The van der Waals surface area contributed by atoms with Gasteiger partial charge >= 0.3 is 5.97 Å². The number of aliphatic hydroxyl groups excluding tert-OH is 1. The second-order valence-corrected chi connectivity index (χ2v) is 8.79. The number of amides is 1. The normalized spacial score (nSPS) is 19.7. The monoisotopic (exact) mass is 485 g/mol. The van der Waals surface area contributed by atoms with E-state index >= 15 is 0 Å². The van der Waals surface area contributed by atoms with E-state index in [0.717, 1.165) is 12.8 Å². The fraction of sp³-hybridized carbons (Fsp3) is 0.500. The molecule has 1 aromatic rings. The first-order chi connectivity index (χ1) is 16.9. The Labute approximate surface area is 208 Å². The molecule has 1 aliphatic rings. The molecule has 3 atom stereocenters. The number of carbonyl (C=O) groups excluding carboxylic acids is 2. The molecule has 0 spiro atoms. The van der Waals surface area contributed by atoms with Crippen molar-refractivity contribution in [2.75, 3.05) is 13.2 Å². The highest BCUT2D eigenvalue weighted by Gasteiger charge is 2.25. The zero-order valence-electron chi connectivity index (χ0n) is 20.8. The van der Waals surface area contributed by atoms with Crippen molar-refractivity contribution in [1.29, 1.82) is 0 Å². The Hall–Kier alpha value is -2.90. The van der Waals surface area contributed by atoms with Crippen LogP contribution in [0.2, 0.25) is 0 Å². The Morgan fingerprint density at radius 1 is 1.26 bits per heavy atom. The Balaban J connectivity index is 2.01. The molecular formula is C28H39NO6. The smallest absolute Gasteiger partial charge is 0.342 e. The van der Waals surface area contributed by atoms with Crippen LogP contribution in [0.25, 0.3) is 0 Å². The number of benzene rings is 1. The third-order valence-electron chi connectivity index (χ3n) is 5.75. The van der Waals surface area contributed by atoms with Gasteiger partial charge in [0.15, 0.2) is 0 Å². The SMILES string of the molecule is CC/C=C\C=C/C(=O)N/C=C/CC(CCC)OC(=O)c1c(O)cccc1CC1COCCC(O)C1. The molecule has 0 bridgehead atoms. The minimum Gasteiger partial charge on any atom is -0.507 e. The van der Waals surface area contributed by atoms with Crippen LogP contribution in [0.1, 0.15) is 68.3 Å². The Kier molecular flexibility index (Phi) is 12.9. The van der Waals surface area contributed by atoms with Gasteiger partial charge in [0.2, 0.25) is 5.91 Å². The highest BCUT2D eigenvalue weighted by Crippen LogP contribution is 2.28. The molecule has 3 N–H and O–H groups in total. The van der Waals surface area contributed by atoms with Crippen molar-refractivity contribution in [3.05, 3.63) is 65.9 Å². The van der Waals surface area contributed by atoms with Crippen LogP contribution < -0.4 is 5.32 Å². The number of phenols is 1. The number of aromatic hydroxyl groups is 1. The topological polar surface area (TPSA) is 105 Å². The van der Waals surface area contributed by atoms with Crippen molar-refractivity contribution < 1.29 is 29.3 Å². The first-order valence-electron chi connectivity index (χ1n) is 12.5. The van der Waals surface area contributed by atoms with Gasteiger partial charge in [-0.15, -0.1) is 0 Å². The van der Waals surface area contributed by atoms with E-state index in [4.69, 9.17) is 9.47 Å². The molecule has 35 heavy (non-hydrogen) atoms. The van der Waals surface area contributed by atoms with Gasteiger partial charge in [0.1, 0.15) is 17.4 Å². The van der Waals surface area contributed by atoms with E-state index in [-0.39, 0.29) is 29.2 Å². The lowest BCUT2D eigenvalue weighted by Crippen LogP contribution is -2.21. The van der Waals surface area contributed by atoms with E-state index in [9.17, 15) is 19.8 Å². The number of allylic oxidation sites excluding steroid dienone is 3. The molecule has 1 aliphatic heterocycles. The average Bonchev–Trinajstić information content (AvgIpc) is 3.03. The maximum absolute atomic E-state index is 13.1. The zero-order chi connectivity index (χ0) is 25.5. The molecule has 1 aromatic carbocycles. The fourth-order valence-corrected chi connectivity index (χ4v) is 4.01. The summed E-state index contributed by atoms with van der Waals surface area (Å²) >= 11 is 0. The van der Waals surface area contributed by atoms with E-state index < -0.39 is 12.1 Å². The minimum atomic E-state index is -0.574. The zero-order valence-corrected chi connectivity index (χ0v) is 20.8. The minimum absolute atomic E-state index is 0.0466. The molecule has 7 heteroatoms. The summed E-state index contributed by atoms with van der Waals surface area (Å²) < 4.78 is 11.4. The van der Waals surface area contributed by atoms with Crippen molar-refractivity contribution in [3.8, 4) is 5.75 Å². The molecule has 0 radical (unpaired) electrons. The molecule has 2 rings (SSSR count). The van der Waals surface area contributed by atoms with Crippen LogP contribution in [0.3, 0.4) is 0 Å². The van der Waals surface area contributed by atoms with Gasteiger partial charge in [-0.2, -0.15) is 0 Å². The summed E-state index contributed by atoms with van der Waals surface area (Å²) in [5.41, 5.74) is 0.842. The second kappa shape index (κ2) is 15.9. The Bertz CT molecular complexity index is 891. The largest absolute Gasteiger partial charge is 0.507 e. The van der Waals surface area contributed by atoms with Crippen LogP contribution >= 0.6 is 0 Å². The van der Waals surface area contributed by atoms with Gasteiger partial charge in [0, 0.05) is 31.9 Å². The Morgan fingerprint density at radius 3 is 2.86 bits per heavy atom. The third-order valence-corrected chi connectivity index (χ3v) is 5.75. The van der Waals surface area contributed by atoms with Crippen molar-refractivity contribution >= 4 is 11.9 Å². The molecule has 0 aromatic heterocycles. The number of carbonyl (C=O) groups is 2. The summed E-state index contributed by atoms with van der Waals surface area (Å²) in [6.07, 6.45) is 13.9. The van der Waals surface area contributed by atoms with Crippen LogP contribution in [0.4, 0.5) is 0 Å². The van der Waals surface area contributed by atoms with Gasteiger partial charge in [0.25, 0.3) is 0 Å². The standard InChI is InChI=1S/C28H39NO6/c1-3-5-6-7-14-26(32)29-16-9-12-24(10-4-2)35-28(33)27-22(11-8-13-25(27)31)18-21-19-23(30)15-17-34-20-21/h5-9,11,13-14,16,21,23-24,30-31H,3-4,10,12,15,17-20H2,1-2H3,(H,29,32)/b6-5-,14-7-,16-9+. The van der Waals surface area contributed by atoms with Gasteiger partial charge in [-0.3, -0.25) is 4.79 Å². The summed E-state index contributed by atoms with van der Waals surface area (Å²) in [5, 5.41) is 23.2. The molecular weight excluding hydrogens is 446 g/mol. The molecule has 1 fully saturated rings. The summed E-state index contributed by atoms with van der Waals surface area (Å²) in [5.74, 6) is -0.887. The number of rotatable bonds is 12. The van der Waals surface area contributed by atoms with Crippen molar-refractivity contribution in [1.82, 2.24) is 5.32 Å². The average molecular weight is 486 g/mol. The molecule has 1 saturated heterocycles. The van der Waals surface area contributed by atoms with E-state index in [1.165, 1.54) is 12.1 Å². The number of nitrogens with one attached hydrogen (secondary N) is 1. The van der Waals surface area contributed by atoms with E-state index in [0.29, 0.717) is 50.9 Å². The Morgan fingerprint density at radius 2 is 2.09 bits per heavy atom. The van der Waals surface area contributed by atoms with Crippen molar-refractivity contribution in [2.45, 2.75) is 71.0 Å². The van der Waals surface area contributed by atoms with Crippen LogP contribution in [-0.4, -0.2) is 47.5 Å². The molecule has 0 aliphatic carbocycles. The molecule has 1 heterocycles. The maximum atomic E-state index is 13.1. The summed E-state index contributed by atoms with van der Waals surface area (Å²) in [6.45, 7) is 5.04. The lowest BCUT2D eigenvalue weighted by Gasteiger charge is -2.20. The third kappa shape index (κ3) is 10.5.